The highest BCUT2D eigenvalue weighted by Gasteiger charge is 2.29. The molecule has 0 spiro atoms. The molecule has 1 N–H and O–H groups in total. The van der Waals surface area contributed by atoms with Gasteiger partial charge in [-0.1, -0.05) is 6.92 Å². The summed E-state index contributed by atoms with van der Waals surface area (Å²) >= 11 is 0. The fourth-order valence-electron chi connectivity index (χ4n) is 2.38. The maximum atomic E-state index is 12.8. The molecule has 7 nitrogen and oxygen atoms in total. The lowest BCUT2D eigenvalue weighted by molar-refractivity contribution is 0.421. The smallest absolute Gasteiger partial charge is 0.243 e. The molecule has 1 fully saturated rings. The summed E-state index contributed by atoms with van der Waals surface area (Å²) in [7, 11) is -7.32. The monoisotopic (exact) mass is 384 g/mol. The van der Waals surface area contributed by atoms with Crippen molar-refractivity contribution >= 4 is 20.0 Å². The number of sulfonamides is 2. The van der Waals surface area contributed by atoms with Gasteiger partial charge in [-0.05, 0) is 43.2 Å². The van der Waals surface area contributed by atoms with Gasteiger partial charge in [-0.3, -0.25) is 0 Å². The van der Waals surface area contributed by atoms with Gasteiger partial charge in [0.05, 0.1) is 22.3 Å². The quantitative estimate of drug-likeness (QED) is 0.750. The number of nitrogens with one attached hydrogen (secondary N) is 1. The zero-order chi connectivity index (χ0) is 18.1. The Hall–Kier alpha value is -1.68. The van der Waals surface area contributed by atoms with Crippen molar-refractivity contribution in [3.05, 3.63) is 48.4 Å². The number of furan rings is 1. The summed E-state index contributed by atoms with van der Waals surface area (Å²) in [6.45, 7) is 2.23. The summed E-state index contributed by atoms with van der Waals surface area (Å²) in [6.07, 6.45) is 4.66. The normalized spacial score (nSPS) is 15.6. The molecule has 9 heteroatoms. The largest absolute Gasteiger partial charge is 0.472 e. The van der Waals surface area contributed by atoms with Crippen molar-refractivity contribution in [2.24, 2.45) is 0 Å². The molecule has 25 heavy (non-hydrogen) atoms. The first-order valence-corrected chi connectivity index (χ1v) is 10.9. The van der Waals surface area contributed by atoms with Crippen LogP contribution in [0.3, 0.4) is 0 Å². The molecule has 1 aliphatic rings. The fourth-order valence-corrected chi connectivity index (χ4v) is 5.12. The lowest BCUT2D eigenvalue weighted by Gasteiger charge is -2.20. The molecule has 1 heterocycles. The van der Waals surface area contributed by atoms with E-state index in [1.54, 1.807) is 13.0 Å². The van der Waals surface area contributed by atoms with Crippen LogP contribution >= 0.6 is 0 Å². The average Bonchev–Trinajstić information content (AvgIpc) is 3.23. The molecule has 0 bridgehead atoms. The first kappa shape index (κ1) is 18.1. The molecule has 1 saturated carbocycles. The van der Waals surface area contributed by atoms with Gasteiger partial charge in [0.15, 0.2) is 0 Å². The van der Waals surface area contributed by atoms with Gasteiger partial charge in [-0.2, -0.15) is 4.31 Å². The van der Waals surface area contributed by atoms with Crippen molar-refractivity contribution in [3.63, 3.8) is 0 Å². The van der Waals surface area contributed by atoms with Gasteiger partial charge < -0.3 is 4.42 Å². The second kappa shape index (κ2) is 6.91. The van der Waals surface area contributed by atoms with Crippen LogP contribution in [0, 0.1) is 0 Å². The van der Waals surface area contributed by atoms with Crippen molar-refractivity contribution in [2.45, 2.75) is 42.1 Å². The highest BCUT2D eigenvalue weighted by atomic mass is 32.2. The van der Waals surface area contributed by atoms with Crippen LogP contribution in [-0.2, 0) is 26.6 Å². The third-order valence-electron chi connectivity index (χ3n) is 3.96. The minimum absolute atomic E-state index is 0.000970. The molecule has 136 valence electrons. The number of benzene rings is 1. The Morgan fingerprint density at radius 2 is 1.72 bits per heavy atom. The van der Waals surface area contributed by atoms with E-state index in [0.29, 0.717) is 0 Å². The summed E-state index contributed by atoms with van der Waals surface area (Å²) < 4.78 is 58.7. The third kappa shape index (κ3) is 4.12. The van der Waals surface area contributed by atoms with E-state index in [2.05, 4.69) is 4.72 Å². The first-order chi connectivity index (χ1) is 11.8. The summed E-state index contributed by atoms with van der Waals surface area (Å²) in [5.74, 6) is 0. The summed E-state index contributed by atoms with van der Waals surface area (Å²) in [5.41, 5.74) is 0.748. The van der Waals surface area contributed by atoms with Crippen LogP contribution in [-0.4, -0.2) is 33.7 Å². The van der Waals surface area contributed by atoms with Crippen LogP contribution < -0.4 is 4.72 Å². The summed E-state index contributed by atoms with van der Waals surface area (Å²) in [6, 6.07) is 7.01. The number of rotatable bonds is 8. The van der Waals surface area contributed by atoms with Gasteiger partial charge in [0.25, 0.3) is 0 Å². The van der Waals surface area contributed by atoms with E-state index in [0.717, 1.165) is 18.4 Å². The summed E-state index contributed by atoms with van der Waals surface area (Å²) in [4.78, 5) is 0.124. The molecule has 1 aliphatic carbocycles. The van der Waals surface area contributed by atoms with E-state index in [1.165, 1.54) is 41.1 Å². The highest BCUT2D eigenvalue weighted by Crippen LogP contribution is 2.24. The zero-order valence-corrected chi connectivity index (χ0v) is 15.4. The van der Waals surface area contributed by atoms with Gasteiger partial charge in [-0.25, -0.2) is 21.6 Å². The van der Waals surface area contributed by atoms with Gasteiger partial charge in [0, 0.05) is 24.7 Å². The van der Waals surface area contributed by atoms with Gasteiger partial charge >= 0.3 is 0 Å². The molecule has 0 aliphatic heterocycles. The molecule has 0 unspecified atom stereocenters. The van der Waals surface area contributed by atoms with E-state index in [9.17, 15) is 16.8 Å². The maximum Gasteiger partial charge on any atom is 0.243 e. The molecule has 1 aromatic heterocycles. The predicted octanol–water partition coefficient (Wildman–Crippen LogP) is 1.93. The summed E-state index contributed by atoms with van der Waals surface area (Å²) in [5, 5.41) is 0. The molecule has 0 atom stereocenters. The van der Waals surface area contributed by atoms with Crippen molar-refractivity contribution in [2.75, 3.05) is 6.54 Å². The lowest BCUT2D eigenvalue weighted by Crippen LogP contribution is -2.30. The lowest BCUT2D eigenvalue weighted by atomic mass is 10.3. The van der Waals surface area contributed by atoms with Crippen LogP contribution in [0.25, 0.3) is 0 Å². The Bertz CT molecular complexity index is 915. The Morgan fingerprint density at radius 3 is 2.24 bits per heavy atom. The van der Waals surface area contributed by atoms with Crippen LogP contribution in [0.1, 0.15) is 25.3 Å². The van der Waals surface area contributed by atoms with Crippen LogP contribution in [0.4, 0.5) is 0 Å². The third-order valence-corrected chi connectivity index (χ3v) is 7.43. The van der Waals surface area contributed by atoms with Crippen molar-refractivity contribution < 1.29 is 21.3 Å². The van der Waals surface area contributed by atoms with Gasteiger partial charge in [-0.15, -0.1) is 0 Å². The molecular formula is C16H20N2O5S2. The van der Waals surface area contributed by atoms with E-state index < -0.39 is 20.0 Å². The molecular weight excluding hydrogens is 364 g/mol. The molecule has 0 radical (unpaired) electrons. The minimum Gasteiger partial charge on any atom is -0.472 e. The Kier molecular flexibility index (Phi) is 5.01. The average molecular weight is 384 g/mol. The Balaban J connectivity index is 1.81. The Morgan fingerprint density at radius 1 is 1.08 bits per heavy atom. The fraction of sp³-hybridized carbons (Fsp3) is 0.375. The number of nitrogens with zero attached hydrogens (tertiary/aromatic N) is 1. The van der Waals surface area contributed by atoms with Crippen molar-refractivity contribution in [3.8, 4) is 0 Å². The topological polar surface area (TPSA) is 96.7 Å². The van der Waals surface area contributed by atoms with E-state index in [-0.39, 0.29) is 28.9 Å². The standard InChI is InChI=1S/C16H20N2O5S2/c1-2-18(11-13-9-10-23-12-13)25(21,22)16-7-5-15(6-8-16)24(19,20)17-14-3-4-14/h5-10,12,14,17H,2-4,11H2,1H3. The Labute approximate surface area is 147 Å². The second-order valence-corrected chi connectivity index (χ2v) is 9.58. The molecule has 1 aromatic carbocycles. The SMILES string of the molecule is CCN(Cc1ccoc1)S(=O)(=O)c1ccc(S(=O)(=O)NC2CC2)cc1. The maximum absolute atomic E-state index is 12.8. The first-order valence-electron chi connectivity index (χ1n) is 7.96. The molecule has 3 rings (SSSR count). The zero-order valence-electron chi connectivity index (χ0n) is 13.8. The van der Waals surface area contributed by atoms with Crippen LogP contribution in [0.5, 0.6) is 0 Å². The predicted molar refractivity (Wildman–Crippen MR) is 91.8 cm³/mol. The second-order valence-electron chi connectivity index (χ2n) is 5.93. The van der Waals surface area contributed by atoms with E-state index in [4.69, 9.17) is 4.42 Å². The van der Waals surface area contributed by atoms with Crippen molar-refractivity contribution in [1.29, 1.82) is 0 Å². The van der Waals surface area contributed by atoms with Gasteiger partial charge in [0.2, 0.25) is 20.0 Å². The molecule has 2 aromatic rings. The molecule has 0 amide bonds. The van der Waals surface area contributed by atoms with Gasteiger partial charge in [0.1, 0.15) is 0 Å². The van der Waals surface area contributed by atoms with Crippen LogP contribution in [0.15, 0.2) is 57.1 Å². The van der Waals surface area contributed by atoms with E-state index >= 15 is 0 Å². The van der Waals surface area contributed by atoms with Crippen LogP contribution in [0.2, 0.25) is 0 Å². The number of hydrogen-bond acceptors (Lipinski definition) is 5. The van der Waals surface area contributed by atoms with E-state index in [1.807, 2.05) is 0 Å². The van der Waals surface area contributed by atoms with Crippen molar-refractivity contribution in [1.82, 2.24) is 9.03 Å². The minimum atomic E-state index is -3.72. The highest BCUT2D eigenvalue weighted by molar-refractivity contribution is 7.89. The number of hydrogen-bond donors (Lipinski definition) is 1. The molecule has 0 saturated heterocycles.